The molecule has 3 heterocycles. The van der Waals surface area contributed by atoms with Gasteiger partial charge in [-0.3, -0.25) is 9.97 Å². The van der Waals surface area contributed by atoms with Crippen LogP contribution in [0.3, 0.4) is 0 Å². The molecule has 0 amide bonds. The Morgan fingerprint density at radius 1 is 1.00 bits per heavy atom. The van der Waals surface area contributed by atoms with Crippen molar-refractivity contribution < 1.29 is 0 Å². The van der Waals surface area contributed by atoms with Crippen LogP contribution >= 0.6 is 0 Å². The highest BCUT2D eigenvalue weighted by molar-refractivity contribution is 5.89. The molecule has 0 fully saturated rings. The topological polar surface area (TPSA) is 63.6 Å². The van der Waals surface area contributed by atoms with Crippen LogP contribution in [-0.4, -0.2) is 26.5 Å². The van der Waals surface area contributed by atoms with Crippen molar-refractivity contribution in [2.45, 2.75) is 6.92 Å². The molecule has 94 valence electrons. The maximum Gasteiger partial charge on any atom is 0.162 e. The molecular formula is C14H13N5. The van der Waals surface area contributed by atoms with E-state index < -0.39 is 0 Å². The number of hydrogen-bond acceptors (Lipinski definition) is 5. The van der Waals surface area contributed by atoms with Crippen molar-refractivity contribution in [2.75, 3.05) is 11.9 Å². The van der Waals surface area contributed by atoms with E-state index in [0.717, 1.165) is 28.8 Å². The lowest BCUT2D eigenvalue weighted by Crippen LogP contribution is -2.03. The highest BCUT2D eigenvalue weighted by Crippen LogP contribution is 2.23. The van der Waals surface area contributed by atoms with Crippen molar-refractivity contribution in [3.8, 4) is 11.4 Å². The van der Waals surface area contributed by atoms with Gasteiger partial charge < -0.3 is 5.32 Å². The first-order valence-electron chi connectivity index (χ1n) is 6.14. The van der Waals surface area contributed by atoms with Crippen LogP contribution in [-0.2, 0) is 0 Å². The fourth-order valence-corrected chi connectivity index (χ4v) is 1.91. The van der Waals surface area contributed by atoms with Crippen molar-refractivity contribution in [2.24, 2.45) is 0 Å². The summed E-state index contributed by atoms with van der Waals surface area (Å²) in [4.78, 5) is 17.3. The zero-order valence-electron chi connectivity index (χ0n) is 10.5. The molecule has 0 saturated carbocycles. The Hall–Kier alpha value is -2.56. The largest absolute Gasteiger partial charge is 0.370 e. The minimum absolute atomic E-state index is 0.679. The van der Waals surface area contributed by atoms with E-state index in [1.165, 1.54) is 0 Å². The predicted octanol–water partition coefficient (Wildman–Crippen LogP) is 2.52. The van der Waals surface area contributed by atoms with Crippen LogP contribution in [0.1, 0.15) is 6.92 Å². The first-order chi connectivity index (χ1) is 9.38. The zero-order chi connectivity index (χ0) is 13.1. The Bertz CT molecular complexity index is 697. The number of pyridine rings is 2. The van der Waals surface area contributed by atoms with Gasteiger partial charge >= 0.3 is 0 Å². The molecule has 0 aliphatic rings. The van der Waals surface area contributed by atoms with Crippen LogP contribution < -0.4 is 5.32 Å². The number of hydrogen-bond donors (Lipinski definition) is 1. The summed E-state index contributed by atoms with van der Waals surface area (Å²) in [5.74, 6) is 1.51. The summed E-state index contributed by atoms with van der Waals surface area (Å²) in [7, 11) is 0. The van der Waals surface area contributed by atoms with E-state index in [9.17, 15) is 0 Å². The van der Waals surface area contributed by atoms with Crippen LogP contribution in [0, 0.1) is 0 Å². The van der Waals surface area contributed by atoms with Gasteiger partial charge in [0.15, 0.2) is 5.82 Å². The second kappa shape index (κ2) is 4.97. The molecule has 0 atom stereocenters. The quantitative estimate of drug-likeness (QED) is 0.775. The predicted molar refractivity (Wildman–Crippen MR) is 74.7 cm³/mol. The number of aromatic nitrogens is 4. The second-order valence-corrected chi connectivity index (χ2v) is 4.05. The van der Waals surface area contributed by atoms with E-state index >= 15 is 0 Å². The SMILES string of the molecule is CCNc1nc(-c2ccncc2)nc2cnccc12. The number of rotatable bonds is 3. The van der Waals surface area contributed by atoms with Gasteiger partial charge in [-0.15, -0.1) is 0 Å². The molecule has 0 unspecified atom stereocenters. The molecule has 0 spiro atoms. The molecule has 0 aromatic carbocycles. The Morgan fingerprint density at radius 3 is 2.58 bits per heavy atom. The van der Waals surface area contributed by atoms with E-state index in [-0.39, 0.29) is 0 Å². The van der Waals surface area contributed by atoms with Gasteiger partial charge in [-0.25, -0.2) is 9.97 Å². The van der Waals surface area contributed by atoms with Crippen LogP contribution in [0.15, 0.2) is 43.0 Å². The molecule has 0 aliphatic heterocycles. The molecule has 0 bridgehead atoms. The third-order valence-electron chi connectivity index (χ3n) is 2.78. The molecule has 19 heavy (non-hydrogen) atoms. The Labute approximate surface area is 110 Å². The van der Waals surface area contributed by atoms with Gasteiger partial charge in [-0.2, -0.15) is 0 Å². The molecule has 0 saturated heterocycles. The lowest BCUT2D eigenvalue weighted by molar-refractivity contribution is 1.14. The van der Waals surface area contributed by atoms with E-state index in [0.29, 0.717) is 5.82 Å². The molecule has 3 aromatic heterocycles. The maximum atomic E-state index is 4.58. The maximum absolute atomic E-state index is 4.58. The average molecular weight is 251 g/mol. The minimum atomic E-state index is 0.679. The molecule has 0 aliphatic carbocycles. The van der Waals surface area contributed by atoms with E-state index in [4.69, 9.17) is 0 Å². The normalized spacial score (nSPS) is 10.6. The fraction of sp³-hybridized carbons (Fsp3) is 0.143. The highest BCUT2D eigenvalue weighted by Gasteiger charge is 2.08. The lowest BCUT2D eigenvalue weighted by Gasteiger charge is -2.09. The monoisotopic (exact) mass is 251 g/mol. The van der Waals surface area contributed by atoms with Gasteiger partial charge in [0, 0.05) is 36.1 Å². The van der Waals surface area contributed by atoms with E-state index in [2.05, 4.69) is 25.3 Å². The summed E-state index contributed by atoms with van der Waals surface area (Å²) in [5, 5.41) is 4.25. The summed E-state index contributed by atoms with van der Waals surface area (Å²) in [6.45, 7) is 2.85. The third-order valence-corrected chi connectivity index (χ3v) is 2.78. The van der Waals surface area contributed by atoms with Crippen LogP contribution in [0.2, 0.25) is 0 Å². The molecule has 5 heteroatoms. The number of anilines is 1. The molecule has 3 rings (SSSR count). The minimum Gasteiger partial charge on any atom is -0.370 e. The summed E-state index contributed by atoms with van der Waals surface area (Å²) < 4.78 is 0. The molecule has 1 N–H and O–H groups in total. The summed E-state index contributed by atoms with van der Waals surface area (Å²) in [6.07, 6.45) is 6.97. The Balaban J connectivity index is 2.22. The Kier molecular flexibility index (Phi) is 3.02. The average Bonchev–Trinajstić information content (AvgIpc) is 2.48. The summed E-state index contributed by atoms with van der Waals surface area (Å²) >= 11 is 0. The van der Waals surface area contributed by atoms with Crippen LogP contribution in [0.5, 0.6) is 0 Å². The van der Waals surface area contributed by atoms with Gasteiger partial charge in [0.1, 0.15) is 5.82 Å². The van der Waals surface area contributed by atoms with Crippen molar-refractivity contribution in [1.29, 1.82) is 0 Å². The van der Waals surface area contributed by atoms with Crippen molar-refractivity contribution in [3.63, 3.8) is 0 Å². The van der Waals surface area contributed by atoms with Crippen molar-refractivity contribution in [1.82, 2.24) is 19.9 Å². The van der Waals surface area contributed by atoms with Crippen LogP contribution in [0.25, 0.3) is 22.3 Å². The molecule has 5 nitrogen and oxygen atoms in total. The number of nitrogens with one attached hydrogen (secondary N) is 1. The first kappa shape index (κ1) is 11.5. The summed E-state index contributed by atoms with van der Waals surface area (Å²) in [6, 6.07) is 5.71. The highest BCUT2D eigenvalue weighted by atomic mass is 15.0. The van der Waals surface area contributed by atoms with Gasteiger partial charge in [-0.05, 0) is 25.1 Å². The number of fused-ring (bicyclic) bond motifs is 1. The smallest absolute Gasteiger partial charge is 0.162 e. The summed E-state index contributed by atoms with van der Waals surface area (Å²) in [5.41, 5.74) is 1.78. The third kappa shape index (κ3) is 2.22. The van der Waals surface area contributed by atoms with Crippen molar-refractivity contribution in [3.05, 3.63) is 43.0 Å². The molecule has 3 aromatic rings. The number of nitrogens with zero attached hydrogens (tertiary/aromatic N) is 4. The van der Waals surface area contributed by atoms with Crippen molar-refractivity contribution >= 4 is 16.7 Å². The Morgan fingerprint density at radius 2 is 1.79 bits per heavy atom. The molecular weight excluding hydrogens is 238 g/mol. The van der Waals surface area contributed by atoms with E-state index in [1.807, 2.05) is 25.1 Å². The zero-order valence-corrected chi connectivity index (χ0v) is 10.5. The fourth-order valence-electron chi connectivity index (χ4n) is 1.91. The second-order valence-electron chi connectivity index (χ2n) is 4.05. The van der Waals surface area contributed by atoms with Gasteiger partial charge in [0.2, 0.25) is 0 Å². The van der Waals surface area contributed by atoms with Crippen LogP contribution in [0.4, 0.5) is 5.82 Å². The molecule has 0 radical (unpaired) electrons. The lowest BCUT2D eigenvalue weighted by atomic mass is 10.2. The standard InChI is InChI=1S/C14H13N5/c1-2-17-14-11-5-8-16-9-12(11)18-13(19-14)10-3-6-15-7-4-10/h3-9H,2H2,1H3,(H,17,18,19). The van der Waals surface area contributed by atoms with Gasteiger partial charge in [0.25, 0.3) is 0 Å². The van der Waals surface area contributed by atoms with E-state index in [1.54, 1.807) is 24.8 Å². The first-order valence-corrected chi connectivity index (χ1v) is 6.14. The van der Waals surface area contributed by atoms with Gasteiger partial charge in [-0.1, -0.05) is 0 Å². The van der Waals surface area contributed by atoms with Gasteiger partial charge in [0.05, 0.1) is 11.7 Å².